The van der Waals surface area contributed by atoms with Crippen molar-refractivity contribution < 1.29 is 38.0 Å². The molecule has 5 atom stereocenters. The minimum absolute atomic E-state index is 0.0118. The molecular formula is C28H44N5O8P. The lowest BCUT2D eigenvalue weighted by molar-refractivity contribution is -0.133. The van der Waals surface area contributed by atoms with Crippen LogP contribution >= 0.6 is 7.82 Å². The molecule has 1 aromatic carbocycles. The minimum Gasteiger partial charge on any atom is -0.394 e. The van der Waals surface area contributed by atoms with E-state index in [0.29, 0.717) is 12.1 Å². The van der Waals surface area contributed by atoms with Crippen LogP contribution in [0.15, 0.2) is 42.9 Å². The molecule has 0 aliphatic carbocycles. The highest BCUT2D eigenvalue weighted by Crippen LogP contribution is 2.46. The maximum atomic E-state index is 12.8. The normalized spacial score (nSPS) is 15.7. The van der Waals surface area contributed by atoms with Gasteiger partial charge < -0.3 is 31.8 Å². The van der Waals surface area contributed by atoms with Crippen LogP contribution in [0.3, 0.4) is 0 Å². The van der Waals surface area contributed by atoms with E-state index < -0.39 is 62.6 Å². The number of carbonyl (C=O) groups excluding carboxylic acids is 3. The molecule has 0 saturated heterocycles. The van der Waals surface area contributed by atoms with Crippen LogP contribution in [-0.4, -0.2) is 69.0 Å². The number of hydrogen-bond donors (Lipinski definition) is 6. The minimum atomic E-state index is -4.54. The average molecular weight is 610 g/mol. The Bertz CT molecular complexity index is 1130. The number of H-pyrrole nitrogens is 1. The molecule has 14 heteroatoms. The first kappa shape index (κ1) is 35.3. The molecule has 1 heterocycles. The van der Waals surface area contributed by atoms with E-state index in [-0.39, 0.29) is 13.0 Å². The van der Waals surface area contributed by atoms with Gasteiger partial charge in [-0.25, -0.2) is 9.55 Å². The van der Waals surface area contributed by atoms with Crippen molar-refractivity contribution in [3.8, 4) is 0 Å². The molecule has 1 unspecified atom stereocenters. The van der Waals surface area contributed by atoms with E-state index in [4.69, 9.17) is 20.5 Å². The Morgan fingerprint density at radius 2 is 1.76 bits per heavy atom. The molecule has 234 valence electrons. The molecular weight excluding hydrogens is 565 g/mol. The Labute approximate surface area is 246 Å². The fourth-order valence-electron chi connectivity index (χ4n) is 4.37. The first-order valence-corrected chi connectivity index (χ1v) is 15.7. The fourth-order valence-corrected chi connectivity index (χ4v) is 5.35. The summed E-state index contributed by atoms with van der Waals surface area (Å²) in [6.07, 6.45) is 7.87. The first-order valence-electron chi connectivity index (χ1n) is 14.2. The number of benzene rings is 1. The molecule has 0 aliphatic heterocycles. The van der Waals surface area contributed by atoms with Crippen LogP contribution < -0.4 is 16.8 Å². The van der Waals surface area contributed by atoms with Crippen LogP contribution in [0.5, 0.6) is 0 Å². The fraction of sp³-hybridized carbons (Fsp3) is 0.571. The topological polar surface area (TPSA) is 220 Å². The summed E-state index contributed by atoms with van der Waals surface area (Å²) in [4.78, 5) is 54.0. The summed E-state index contributed by atoms with van der Waals surface area (Å²) >= 11 is 0. The Kier molecular flexibility index (Phi) is 15.6. The van der Waals surface area contributed by atoms with Gasteiger partial charge >= 0.3 is 7.82 Å². The number of aliphatic hydroxyl groups excluding tert-OH is 1. The lowest BCUT2D eigenvalue weighted by Gasteiger charge is -2.25. The van der Waals surface area contributed by atoms with Gasteiger partial charge in [0.05, 0.1) is 37.6 Å². The van der Waals surface area contributed by atoms with Gasteiger partial charge in [0.2, 0.25) is 11.8 Å². The summed E-state index contributed by atoms with van der Waals surface area (Å²) in [5.41, 5.74) is 13.2. The Balaban J connectivity index is 1.72. The number of amides is 2. The van der Waals surface area contributed by atoms with Crippen molar-refractivity contribution in [1.29, 1.82) is 0 Å². The highest BCUT2D eigenvalue weighted by Gasteiger charge is 2.35. The predicted molar refractivity (Wildman–Crippen MR) is 156 cm³/mol. The highest BCUT2D eigenvalue weighted by molar-refractivity contribution is 7.47. The van der Waals surface area contributed by atoms with Gasteiger partial charge in [-0.3, -0.25) is 23.4 Å². The smallest absolute Gasteiger partial charge is 0.394 e. The third-order valence-electron chi connectivity index (χ3n) is 6.83. The number of rotatable bonds is 22. The summed E-state index contributed by atoms with van der Waals surface area (Å²) in [6.45, 7) is 0.552. The van der Waals surface area contributed by atoms with Gasteiger partial charge in [0.25, 0.3) is 0 Å². The van der Waals surface area contributed by atoms with Crippen LogP contribution in [0.1, 0.15) is 63.1 Å². The number of primary amides is 1. The van der Waals surface area contributed by atoms with E-state index in [1.807, 2.05) is 18.2 Å². The van der Waals surface area contributed by atoms with Gasteiger partial charge in [-0.2, -0.15) is 0 Å². The zero-order chi connectivity index (χ0) is 31.0. The van der Waals surface area contributed by atoms with Crippen LogP contribution in [0, 0.1) is 5.92 Å². The molecule has 0 spiro atoms. The van der Waals surface area contributed by atoms with E-state index in [9.17, 15) is 28.9 Å². The van der Waals surface area contributed by atoms with Gasteiger partial charge in [-0.05, 0) is 31.7 Å². The van der Waals surface area contributed by atoms with Crippen molar-refractivity contribution in [1.82, 2.24) is 15.3 Å². The number of Topliss-reactive ketones (excluding diaryl/α,β-unsaturated/α-hetero) is 1. The summed E-state index contributed by atoms with van der Waals surface area (Å²) in [5.74, 6) is -3.70. The van der Waals surface area contributed by atoms with Crippen molar-refractivity contribution in [2.45, 2.75) is 82.9 Å². The Hall–Kier alpha value is -2.93. The summed E-state index contributed by atoms with van der Waals surface area (Å²) in [6, 6.07) is 7.90. The van der Waals surface area contributed by atoms with Gasteiger partial charge in [0, 0.05) is 24.7 Å². The van der Waals surface area contributed by atoms with Crippen molar-refractivity contribution in [3.63, 3.8) is 0 Å². The zero-order valence-corrected chi connectivity index (χ0v) is 24.9. The van der Waals surface area contributed by atoms with Crippen molar-refractivity contribution in [3.05, 3.63) is 54.1 Å². The number of aliphatic hydroxyl groups is 1. The molecule has 1 aromatic heterocycles. The molecule has 0 fully saturated rings. The van der Waals surface area contributed by atoms with E-state index in [1.165, 1.54) is 25.0 Å². The lowest BCUT2D eigenvalue weighted by atomic mass is 9.93. The molecule has 2 rings (SSSR count). The molecule has 0 bridgehead atoms. The second-order valence-electron chi connectivity index (χ2n) is 10.3. The zero-order valence-electron chi connectivity index (χ0n) is 24.0. The Morgan fingerprint density at radius 1 is 1.10 bits per heavy atom. The van der Waals surface area contributed by atoms with Crippen molar-refractivity contribution in [2.24, 2.45) is 17.4 Å². The van der Waals surface area contributed by atoms with E-state index in [1.54, 1.807) is 0 Å². The molecule has 42 heavy (non-hydrogen) atoms. The SMILES string of the molecule is C[C@@H](OP(=O)(O)OCCCCCCCCc1ccccc1)[C@H](CC(=O)[C@H](CO)NC(=O)[C@@H](N)Cc1cnc[nH]1)C(N)=O. The second-order valence-corrected chi connectivity index (χ2v) is 11.7. The summed E-state index contributed by atoms with van der Waals surface area (Å²) in [7, 11) is -4.54. The quantitative estimate of drug-likeness (QED) is 0.0841. The number of imidazole rings is 1. The average Bonchev–Trinajstić information content (AvgIpc) is 3.46. The van der Waals surface area contributed by atoms with Gasteiger partial charge in [-0.15, -0.1) is 0 Å². The Morgan fingerprint density at radius 3 is 2.38 bits per heavy atom. The number of hydrogen-bond acceptors (Lipinski definition) is 9. The number of unbranched alkanes of at least 4 members (excludes halogenated alkanes) is 5. The summed E-state index contributed by atoms with van der Waals surface area (Å²) in [5, 5.41) is 12.0. The molecule has 8 N–H and O–H groups in total. The third-order valence-corrected chi connectivity index (χ3v) is 7.94. The number of phosphoric acid groups is 1. The maximum Gasteiger partial charge on any atom is 0.472 e. The highest BCUT2D eigenvalue weighted by atomic mass is 31.2. The van der Waals surface area contributed by atoms with Crippen LogP contribution in [0.2, 0.25) is 0 Å². The lowest BCUT2D eigenvalue weighted by Crippen LogP contribution is -2.51. The number of phosphoric ester groups is 1. The summed E-state index contributed by atoms with van der Waals surface area (Å²) < 4.78 is 22.6. The van der Waals surface area contributed by atoms with Crippen LogP contribution in [-0.2, 0) is 40.8 Å². The number of aromatic amines is 1. The first-order chi connectivity index (χ1) is 20.0. The number of nitrogens with two attached hydrogens (primary N) is 2. The molecule has 2 aromatic rings. The number of nitrogens with zero attached hydrogens (tertiary/aromatic N) is 1. The van der Waals surface area contributed by atoms with Crippen LogP contribution in [0.25, 0.3) is 0 Å². The van der Waals surface area contributed by atoms with E-state index in [2.05, 4.69) is 27.4 Å². The third kappa shape index (κ3) is 13.4. The van der Waals surface area contributed by atoms with Crippen LogP contribution in [0.4, 0.5) is 0 Å². The molecule has 0 aliphatic rings. The second kappa shape index (κ2) is 18.6. The molecule has 0 radical (unpaired) electrons. The van der Waals surface area contributed by atoms with Gasteiger partial charge in [-0.1, -0.05) is 56.0 Å². The number of ketones is 1. The largest absolute Gasteiger partial charge is 0.472 e. The number of aromatic nitrogens is 2. The molecule has 13 nitrogen and oxygen atoms in total. The number of aryl methyl sites for hydroxylation is 1. The molecule has 0 saturated carbocycles. The number of nitrogens with one attached hydrogen (secondary N) is 2. The predicted octanol–water partition coefficient (Wildman–Crippen LogP) is 1.92. The van der Waals surface area contributed by atoms with Gasteiger partial charge in [0.15, 0.2) is 5.78 Å². The molecule has 2 amide bonds. The van der Waals surface area contributed by atoms with Crippen molar-refractivity contribution in [2.75, 3.05) is 13.2 Å². The van der Waals surface area contributed by atoms with Gasteiger partial charge in [0.1, 0.15) is 6.04 Å². The van der Waals surface area contributed by atoms with Crippen molar-refractivity contribution >= 4 is 25.4 Å². The van der Waals surface area contributed by atoms with E-state index >= 15 is 0 Å². The standard InChI is InChI=1S/C28H44N5O8P/c1-20(41-42(38,39)40-14-10-5-3-2-4-7-11-21-12-8-6-9-13-21)23(27(30)36)16-26(35)25(18-34)33-28(37)24(29)15-22-17-31-19-32-22/h6,8-9,12-13,17,19-20,23-25,34H,2-5,7,10-11,14-16,18,29H2,1H3,(H2,30,36)(H,31,32)(H,33,37)(H,38,39)/t20-,23+,24+,25+/m1/s1. The van der Waals surface area contributed by atoms with E-state index in [0.717, 1.165) is 38.5 Å². The maximum absolute atomic E-state index is 12.8. The monoisotopic (exact) mass is 609 g/mol. The number of carbonyl (C=O) groups is 3.